The molecule has 2 rings (SSSR count). The number of nitrogens with zero attached hydrogens (tertiary/aromatic N) is 2. The third-order valence-corrected chi connectivity index (χ3v) is 2.97. The van der Waals surface area contributed by atoms with Gasteiger partial charge in [0.1, 0.15) is 11.4 Å². The highest BCUT2D eigenvalue weighted by Gasteiger charge is 2.25. The molecule has 0 spiro atoms. The van der Waals surface area contributed by atoms with Gasteiger partial charge in [-0.2, -0.15) is 0 Å². The van der Waals surface area contributed by atoms with Crippen molar-refractivity contribution in [3.63, 3.8) is 0 Å². The number of carbonyl (C=O) groups excluding carboxylic acids is 1. The highest BCUT2D eigenvalue weighted by atomic mass is 16.6. The summed E-state index contributed by atoms with van der Waals surface area (Å²) in [4.78, 5) is 18.5. The first-order valence-electron chi connectivity index (χ1n) is 7.29. The van der Waals surface area contributed by atoms with E-state index in [1.165, 1.54) is 4.90 Å². The predicted molar refractivity (Wildman–Crippen MR) is 88.5 cm³/mol. The molecule has 22 heavy (non-hydrogen) atoms. The van der Waals surface area contributed by atoms with Gasteiger partial charge in [0.15, 0.2) is 0 Å². The van der Waals surface area contributed by atoms with E-state index >= 15 is 0 Å². The van der Waals surface area contributed by atoms with Crippen molar-refractivity contribution in [1.29, 1.82) is 0 Å². The molecule has 1 aromatic heterocycles. The molecule has 1 heterocycles. The fourth-order valence-electron chi connectivity index (χ4n) is 2.05. The van der Waals surface area contributed by atoms with Crippen LogP contribution in [0, 0.1) is 13.8 Å². The van der Waals surface area contributed by atoms with Gasteiger partial charge in [-0.3, -0.25) is 0 Å². The van der Waals surface area contributed by atoms with Crippen molar-refractivity contribution >= 4 is 17.6 Å². The SMILES string of the molecule is Cc1cccc(N(C(=O)OC(C)(C)C)c2cc(C)ccn2)c1. The number of rotatable bonds is 2. The maximum Gasteiger partial charge on any atom is 0.420 e. The third kappa shape index (κ3) is 4.07. The summed E-state index contributed by atoms with van der Waals surface area (Å²) in [6, 6.07) is 11.5. The summed E-state index contributed by atoms with van der Waals surface area (Å²) in [5.41, 5.74) is 2.28. The number of ether oxygens (including phenoxy) is 1. The van der Waals surface area contributed by atoms with Crippen molar-refractivity contribution in [1.82, 2.24) is 4.98 Å². The van der Waals surface area contributed by atoms with Gasteiger partial charge in [0, 0.05) is 6.20 Å². The Morgan fingerprint density at radius 1 is 1.09 bits per heavy atom. The van der Waals surface area contributed by atoms with Crippen LogP contribution in [0.2, 0.25) is 0 Å². The molecule has 116 valence electrons. The van der Waals surface area contributed by atoms with Crippen molar-refractivity contribution in [2.75, 3.05) is 4.90 Å². The lowest BCUT2D eigenvalue weighted by atomic mass is 10.2. The molecule has 0 radical (unpaired) electrons. The van der Waals surface area contributed by atoms with E-state index in [1.807, 2.05) is 71.0 Å². The molecule has 0 atom stereocenters. The number of carbonyl (C=O) groups is 1. The number of hydrogen-bond acceptors (Lipinski definition) is 3. The number of pyridine rings is 1. The van der Waals surface area contributed by atoms with Crippen molar-refractivity contribution in [2.24, 2.45) is 0 Å². The molecule has 0 aliphatic carbocycles. The molecule has 0 aliphatic rings. The summed E-state index contributed by atoms with van der Waals surface area (Å²) in [5, 5.41) is 0. The van der Waals surface area contributed by atoms with Gasteiger partial charge in [0.25, 0.3) is 0 Å². The van der Waals surface area contributed by atoms with Crippen molar-refractivity contribution < 1.29 is 9.53 Å². The summed E-state index contributed by atoms with van der Waals surface area (Å²) in [7, 11) is 0. The monoisotopic (exact) mass is 298 g/mol. The Morgan fingerprint density at radius 3 is 2.36 bits per heavy atom. The molecule has 4 heteroatoms. The summed E-state index contributed by atoms with van der Waals surface area (Å²) in [6.07, 6.45) is 1.26. The Balaban J connectivity index is 2.47. The van der Waals surface area contributed by atoms with E-state index in [2.05, 4.69) is 4.98 Å². The number of amides is 1. The van der Waals surface area contributed by atoms with E-state index < -0.39 is 11.7 Å². The van der Waals surface area contributed by atoms with Crippen LogP contribution in [0.15, 0.2) is 42.6 Å². The van der Waals surface area contributed by atoms with Crippen LogP contribution in [0.25, 0.3) is 0 Å². The highest BCUT2D eigenvalue weighted by Crippen LogP contribution is 2.27. The number of anilines is 2. The molecule has 0 bridgehead atoms. The fourth-order valence-corrected chi connectivity index (χ4v) is 2.05. The first kappa shape index (κ1) is 16.0. The molecule has 2 aromatic rings. The molecule has 1 amide bonds. The Labute approximate surface area is 131 Å². The van der Waals surface area contributed by atoms with Crippen LogP contribution < -0.4 is 4.90 Å². The molecule has 0 N–H and O–H groups in total. The zero-order chi connectivity index (χ0) is 16.3. The average molecular weight is 298 g/mol. The van der Waals surface area contributed by atoms with Crippen LogP contribution in [0.3, 0.4) is 0 Å². The van der Waals surface area contributed by atoms with Crippen molar-refractivity contribution in [3.05, 3.63) is 53.7 Å². The second kappa shape index (κ2) is 6.18. The van der Waals surface area contributed by atoms with Crippen LogP contribution in [-0.2, 0) is 4.74 Å². The van der Waals surface area contributed by atoms with Crippen molar-refractivity contribution in [2.45, 2.75) is 40.2 Å². The summed E-state index contributed by atoms with van der Waals surface area (Å²) >= 11 is 0. The number of hydrogen-bond donors (Lipinski definition) is 0. The molecule has 4 nitrogen and oxygen atoms in total. The normalized spacial score (nSPS) is 11.1. The van der Waals surface area contributed by atoms with Crippen LogP contribution in [0.4, 0.5) is 16.3 Å². The minimum Gasteiger partial charge on any atom is -0.443 e. The van der Waals surface area contributed by atoms with Gasteiger partial charge in [0.05, 0.1) is 5.69 Å². The molecule has 0 unspecified atom stereocenters. The van der Waals surface area contributed by atoms with Crippen LogP contribution in [0.1, 0.15) is 31.9 Å². The molecule has 0 saturated heterocycles. The van der Waals surface area contributed by atoms with Gasteiger partial charge in [0.2, 0.25) is 0 Å². The van der Waals surface area contributed by atoms with Gasteiger partial charge in [-0.05, 0) is 70.0 Å². The minimum absolute atomic E-state index is 0.434. The minimum atomic E-state index is -0.566. The molecular formula is C18H22N2O2. The van der Waals surface area contributed by atoms with E-state index in [1.54, 1.807) is 6.20 Å². The van der Waals surface area contributed by atoms with Gasteiger partial charge in [-0.25, -0.2) is 14.7 Å². The molecule has 1 aromatic carbocycles. The number of benzene rings is 1. The van der Waals surface area contributed by atoms with E-state index in [4.69, 9.17) is 4.74 Å². The predicted octanol–water partition coefficient (Wildman–Crippen LogP) is 4.77. The molecule has 0 aliphatic heterocycles. The lowest BCUT2D eigenvalue weighted by molar-refractivity contribution is 0.0598. The van der Waals surface area contributed by atoms with Gasteiger partial charge >= 0.3 is 6.09 Å². The summed E-state index contributed by atoms with van der Waals surface area (Å²) < 4.78 is 5.54. The average Bonchev–Trinajstić information content (AvgIpc) is 2.37. The van der Waals surface area contributed by atoms with Gasteiger partial charge in [-0.15, -0.1) is 0 Å². The molecule has 0 saturated carbocycles. The summed E-state index contributed by atoms with van der Waals surface area (Å²) in [5.74, 6) is 0.555. The number of aryl methyl sites for hydroxylation is 2. The number of aromatic nitrogens is 1. The quantitative estimate of drug-likeness (QED) is 0.802. The molecule has 0 fully saturated rings. The molecular weight excluding hydrogens is 276 g/mol. The second-order valence-electron chi connectivity index (χ2n) is 6.35. The maximum absolute atomic E-state index is 12.6. The Hall–Kier alpha value is -2.36. The van der Waals surface area contributed by atoms with E-state index in [-0.39, 0.29) is 0 Å². The van der Waals surface area contributed by atoms with Crippen LogP contribution in [0.5, 0.6) is 0 Å². The van der Waals surface area contributed by atoms with E-state index in [0.29, 0.717) is 5.82 Å². The summed E-state index contributed by atoms with van der Waals surface area (Å²) in [6.45, 7) is 9.50. The van der Waals surface area contributed by atoms with E-state index in [9.17, 15) is 4.79 Å². The fraction of sp³-hybridized carbons (Fsp3) is 0.333. The van der Waals surface area contributed by atoms with Crippen LogP contribution >= 0.6 is 0 Å². The van der Waals surface area contributed by atoms with Gasteiger partial charge in [-0.1, -0.05) is 12.1 Å². The smallest absolute Gasteiger partial charge is 0.420 e. The third-order valence-electron chi connectivity index (χ3n) is 2.97. The standard InChI is InChI=1S/C18H22N2O2/c1-13-7-6-8-15(11-13)20(17(21)22-18(3,4)5)16-12-14(2)9-10-19-16/h6-12H,1-5H3. The first-order valence-corrected chi connectivity index (χ1v) is 7.29. The Bertz CT molecular complexity index is 629. The Kier molecular flexibility index (Phi) is 4.50. The largest absolute Gasteiger partial charge is 0.443 e. The second-order valence-corrected chi connectivity index (χ2v) is 6.35. The van der Waals surface area contributed by atoms with Gasteiger partial charge < -0.3 is 4.74 Å². The zero-order valence-electron chi connectivity index (χ0n) is 13.8. The maximum atomic E-state index is 12.6. The van der Waals surface area contributed by atoms with Crippen molar-refractivity contribution in [3.8, 4) is 0 Å². The first-order chi connectivity index (χ1) is 10.3. The van der Waals surface area contributed by atoms with Crippen LogP contribution in [-0.4, -0.2) is 16.7 Å². The van der Waals surface area contributed by atoms with E-state index in [0.717, 1.165) is 16.8 Å². The topological polar surface area (TPSA) is 42.4 Å². The Morgan fingerprint density at radius 2 is 1.77 bits per heavy atom. The zero-order valence-corrected chi connectivity index (χ0v) is 13.8. The lowest BCUT2D eigenvalue weighted by Gasteiger charge is -2.27. The lowest BCUT2D eigenvalue weighted by Crippen LogP contribution is -2.34. The highest BCUT2D eigenvalue weighted by molar-refractivity contribution is 5.95.